The fourth-order valence-corrected chi connectivity index (χ4v) is 4.37. The van der Waals surface area contributed by atoms with Gasteiger partial charge in [0.1, 0.15) is 0 Å². The van der Waals surface area contributed by atoms with E-state index in [1.54, 1.807) is 15.2 Å². The van der Waals surface area contributed by atoms with Crippen molar-refractivity contribution in [2.75, 3.05) is 31.1 Å². The van der Waals surface area contributed by atoms with Crippen molar-refractivity contribution in [3.05, 3.63) is 50.1 Å². The number of nitrogens with zero attached hydrogens (tertiary/aromatic N) is 4. The third-order valence-corrected chi connectivity index (χ3v) is 6.26. The van der Waals surface area contributed by atoms with Crippen LogP contribution in [-0.4, -0.2) is 45.3 Å². The second-order valence-electron chi connectivity index (χ2n) is 7.77. The van der Waals surface area contributed by atoms with Crippen LogP contribution in [0.25, 0.3) is 16.9 Å². The van der Waals surface area contributed by atoms with Gasteiger partial charge in [-0.05, 0) is 30.9 Å². The number of imidazole rings is 1. The molecule has 0 bridgehead atoms. The highest BCUT2D eigenvalue weighted by atomic mass is 35.5. The molecule has 1 aliphatic heterocycles. The molecule has 3 aromatic rings. The van der Waals surface area contributed by atoms with Crippen molar-refractivity contribution in [2.45, 2.75) is 25.8 Å². The largest absolute Gasteiger partial charge is 0.339 e. The van der Waals surface area contributed by atoms with Gasteiger partial charge in [-0.25, -0.2) is 4.79 Å². The van der Waals surface area contributed by atoms with E-state index in [-0.39, 0.29) is 0 Å². The van der Waals surface area contributed by atoms with Crippen molar-refractivity contribution >= 4 is 28.7 Å². The van der Waals surface area contributed by atoms with E-state index in [1.807, 2.05) is 18.2 Å². The van der Waals surface area contributed by atoms with E-state index >= 15 is 0 Å². The van der Waals surface area contributed by atoms with E-state index in [4.69, 9.17) is 16.6 Å². The topological polar surface area (TPSA) is 87.9 Å². The molecule has 1 aliphatic carbocycles. The van der Waals surface area contributed by atoms with Crippen LogP contribution in [0, 0.1) is 5.92 Å². The number of piperazine rings is 1. The SMILES string of the molecule is O=c1[nH]c(=O)n(CC2CCC2)c2nc(N3CCNCC3)n(-c3ccccc3Cl)c12. The lowest BCUT2D eigenvalue weighted by molar-refractivity contribution is 0.275. The predicted molar refractivity (Wildman–Crippen MR) is 113 cm³/mol. The van der Waals surface area contributed by atoms with Gasteiger partial charge in [0.15, 0.2) is 11.2 Å². The maximum absolute atomic E-state index is 12.9. The second kappa shape index (κ2) is 7.35. The Kier molecular flexibility index (Phi) is 4.67. The van der Waals surface area contributed by atoms with Crippen LogP contribution in [0.2, 0.25) is 5.02 Å². The van der Waals surface area contributed by atoms with Crippen LogP contribution >= 0.6 is 11.6 Å². The van der Waals surface area contributed by atoms with Crippen molar-refractivity contribution in [3.63, 3.8) is 0 Å². The number of nitrogens with one attached hydrogen (secondary N) is 2. The Morgan fingerprint density at radius 3 is 2.59 bits per heavy atom. The third kappa shape index (κ3) is 3.16. The molecule has 8 nitrogen and oxygen atoms in total. The fourth-order valence-electron chi connectivity index (χ4n) is 4.15. The van der Waals surface area contributed by atoms with E-state index in [2.05, 4.69) is 15.2 Å². The summed E-state index contributed by atoms with van der Waals surface area (Å²) in [5.41, 5.74) is 0.642. The van der Waals surface area contributed by atoms with Crippen LogP contribution in [-0.2, 0) is 6.54 Å². The van der Waals surface area contributed by atoms with Crippen molar-refractivity contribution in [2.24, 2.45) is 5.92 Å². The zero-order valence-electron chi connectivity index (χ0n) is 16.0. The number of rotatable bonds is 4. The Bertz CT molecular complexity index is 1170. The van der Waals surface area contributed by atoms with E-state index in [9.17, 15) is 9.59 Å². The van der Waals surface area contributed by atoms with Crippen LogP contribution in [0.5, 0.6) is 0 Å². The average molecular weight is 415 g/mol. The summed E-state index contributed by atoms with van der Waals surface area (Å²) in [4.78, 5) is 35.0. The number of hydrogen-bond acceptors (Lipinski definition) is 5. The Balaban J connectivity index is 1.79. The van der Waals surface area contributed by atoms with Crippen LogP contribution in [0.4, 0.5) is 5.95 Å². The molecular weight excluding hydrogens is 392 g/mol. The summed E-state index contributed by atoms with van der Waals surface area (Å²) in [7, 11) is 0. The lowest BCUT2D eigenvalue weighted by Crippen LogP contribution is -2.44. The van der Waals surface area contributed by atoms with Gasteiger partial charge in [-0.1, -0.05) is 30.2 Å². The molecule has 9 heteroatoms. The smallest absolute Gasteiger partial charge is 0.330 e. The first-order valence-corrected chi connectivity index (χ1v) is 10.5. The number of aromatic amines is 1. The molecule has 5 rings (SSSR count). The summed E-state index contributed by atoms with van der Waals surface area (Å²) in [6, 6.07) is 7.40. The van der Waals surface area contributed by atoms with Crippen molar-refractivity contribution in [3.8, 4) is 5.69 Å². The Labute approximate surface area is 172 Å². The van der Waals surface area contributed by atoms with Gasteiger partial charge < -0.3 is 10.2 Å². The minimum absolute atomic E-state index is 0.366. The van der Waals surface area contributed by atoms with E-state index in [0.29, 0.717) is 40.3 Å². The zero-order chi connectivity index (χ0) is 20.0. The Hall–Kier alpha value is -2.58. The van der Waals surface area contributed by atoms with Gasteiger partial charge in [0.25, 0.3) is 5.56 Å². The summed E-state index contributed by atoms with van der Waals surface area (Å²) in [6.07, 6.45) is 3.39. The number of benzene rings is 1. The van der Waals surface area contributed by atoms with Crippen molar-refractivity contribution in [1.29, 1.82) is 0 Å². The molecule has 1 saturated carbocycles. The molecule has 1 aromatic carbocycles. The van der Waals surface area contributed by atoms with Crippen LogP contribution in [0.3, 0.4) is 0 Å². The monoisotopic (exact) mass is 414 g/mol. The fraction of sp³-hybridized carbons (Fsp3) is 0.450. The summed E-state index contributed by atoms with van der Waals surface area (Å²) in [6.45, 7) is 3.76. The summed E-state index contributed by atoms with van der Waals surface area (Å²) >= 11 is 6.51. The molecule has 2 aliphatic rings. The molecule has 2 N–H and O–H groups in total. The standard InChI is InChI=1S/C20H23ClN6O2/c21-14-6-1-2-7-15(14)27-16-17(23-19(27)25-10-8-22-9-11-25)26(12-13-4-3-5-13)20(29)24-18(16)28/h1-2,6-7,13,22H,3-5,8-12H2,(H,24,28,29). The van der Waals surface area contributed by atoms with Crippen molar-refractivity contribution in [1.82, 2.24) is 24.4 Å². The minimum atomic E-state index is -0.441. The predicted octanol–water partition coefficient (Wildman–Crippen LogP) is 1.74. The van der Waals surface area contributed by atoms with E-state index in [1.165, 1.54) is 6.42 Å². The molecule has 0 radical (unpaired) electrons. The van der Waals surface area contributed by atoms with Gasteiger partial charge in [-0.3, -0.25) is 18.9 Å². The van der Waals surface area contributed by atoms with Gasteiger partial charge in [0, 0.05) is 32.7 Å². The van der Waals surface area contributed by atoms with Crippen LogP contribution in [0.1, 0.15) is 19.3 Å². The molecule has 0 atom stereocenters. The highest BCUT2D eigenvalue weighted by Gasteiger charge is 2.27. The van der Waals surface area contributed by atoms with Gasteiger partial charge in [0.05, 0.1) is 10.7 Å². The molecule has 2 fully saturated rings. The third-order valence-electron chi connectivity index (χ3n) is 5.94. The number of fused-ring (bicyclic) bond motifs is 1. The van der Waals surface area contributed by atoms with Gasteiger partial charge in [-0.2, -0.15) is 4.98 Å². The van der Waals surface area contributed by atoms with E-state index < -0.39 is 11.2 Å². The summed E-state index contributed by atoms with van der Waals surface area (Å²) in [5.74, 6) is 1.10. The van der Waals surface area contributed by atoms with Crippen LogP contribution in [0.15, 0.2) is 33.9 Å². The Morgan fingerprint density at radius 1 is 1.14 bits per heavy atom. The van der Waals surface area contributed by atoms with Crippen LogP contribution < -0.4 is 21.5 Å². The lowest BCUT2D eigenvalue weighted by atomic mass is 9.85. The average Bonchev–Trinajstić information content (AvgIpc) is 3.08. The Morgan fingerprint density at radius 2 is 1.90 bits per heavy atom. The molecule has 0 unspecified atom stereocenters. The van der Waals surface area contributed by atoms with Gasteiger partial charge in [0.2, 0.25) is 5.95 Å². The quantitative estimate of drug-likeness (QED) is 0.679. The highest BCUT2D eigenvalue weighted by Crippen LogP contribution is 2.31. The maximum Gasteiger partial charge on any atom is 0.330 e. The zero-order valence-corrected chi connectivity index (χ0v) is 16.8. The number of H-pyrrole nitrogens is 1. The molecule has 2 aromatic heterocycles. The lowest BCUT2D eigenvalue weighted by Gasteiger charge is -2.28. The summed E-state index contributed by atoms with van der Waals surface area (Å²) in [5, 5.41) is 3.86. The molecule has 3 heterocycles. The first kappa shape index (κ1) is 18.4. The molecular formula is C20H23ClN6O2. The molecule has 0 amide bonds. The number of halogens is 1. The normalized spacial score (nSPS) is 17.6. The van der Waals surface area contributed by atoms with Gasteiger partial charge >= 0.3 is 5.69 Å². The minimum Gasteiger partial charge on any atom is -0.339 e. The first-order chi connectivity index (χ1) is 14.1. The first-order valence-electron chi connectivity index (χ1n) is 10.1. The second-order valence-corrected chi connectivity index (χ2v) is 8.18. The molecule has 152 valence electrons. The summed E-state index contributed by atoms with van der Waals surface area (Å²) < 4.78 is 3.43. The number of hydrogen-bond donors (Lipinski definition) is 2. The number of aromatic nitrogens is 4. The molecule has 1 saturated heterocycles. The maximum atomic E-state index is 12.9. The van der Waals surface area contributed by atoms with Crippen molar-refractivity contribution < 1.29 is 0 Å². The molecule has 0 spiro atoms. The molecule has 29 heavy (non-hydrogen) atoms. The number of para-hydroxylation sites is 1. The highest BCUT2D eigenvalue weighted by molar-refractivity contribution is 6.32. The number of anilines is 1. The van der Waals surface area contributed by atoms with Gasteiger partial charge in [-0.15, -0.1) is 0 Å². The van der Waals surface area contributed by atoms with E-state index in [0.717, 1.165) is 39.0 Å².